The molecule has 662 valence electrons. The van der Waals surface area contributed by atoms with Crippen molar-refractivity contribution in [2.45, 2.75) is 148 Å². The number of anilines is 9. The number of hydrogen-bond donors (Lipinski definition) is 0. The first-order valence-electron chi connectivity index (χ1n) is 40.7. The molecule has 2 fully saturated rings. The molecule has 2 saturated carbocycles. The van der Waals surface area contributed by atoms with Crippen LogP contribution in [-0.4, -0.2) is 0 Å². The van der Waals surface area contributed by atoms with E-state index in [0.29, 0.717) is 64.0 Å². The fraction of sp³-hybridized carbons (Fsp3) is 0.258. The first kappa shape index (κ1) is 90.0. The van der Waals surface area contributed by atoms with Crippen molar-refractivity contribution < 1.29 is 119 Å². The molecule has 5 aliphatic rings. The number of para-hydroxylation sites is 6. The lowest BCUT2D eigenvalue weighted by Crippen LogP contribution is -2.48. The molecular weight excluding hydrogens is 1720 g/mol. The Labute approximate surface area is 709 Å². The van der Waals surface area contributed by atoms with Crippen LogP contribution in [0.5, 0.6) is 0 Å². The van der Waals surface area contributed by atoms with Crippen molar-refractivity contribution >= 4 is 51.2 Å². The molecule has 0 saturated heterocycles. The van der Waals surface area contributed by atoms with Gasteiger partial charge in [-0.1, -0.05) is 187 Å². The number of fused-ring (bicyclic) bond motifs is 6. The van der Waals surface area contributed by atoms with Gasteiger partial charge >= 0.3 is 0 Å². The summed E-state index contributed by atoms with van der Waals surface area (Å²) >= 11 is 0. The Bertz CT molecular complexity index is 6080. The summed E-state index contributed by atoms with van der Waals surface area (Å²) in [5, 5.41) is 0. The largest absolute Gasteiger partial charge is 0.304 e. The molecule has 30 heteroatoms. The van der Waals surface area contributed by atoms with Gasteiger partial charge in [0.15, 0.2) is 140 Å². The second kappa shape index (κ2) is 35.1. The quantitative estimate of drug-likeness (QED) is 0.0610. The molecular formula is C97H70F27N3. The summed E-state index contributed by atoms with van der Waals surface area (Å²) in [6.07, 6.45) is 15.0. The van der Waals surface area contributed by atoms with Gasteiger partial charge in [0.25, 0.3) is 0 Å². The van der Waals surface area contributed by atoms with E-state index in [1.165, 1.54) is 0 Å². The molecule has 0 amide bonds. The maximum absolute atomic E-state index is 16.3. The van der Waals surface area contributed by atoms with Crippen molar-refractivity contribution in [2.24, 2.45) is 11.8 Å². The molecule has 0 spiro atoms. The summed E-state index contributed by atoms with van der Waals surface area (Å²) in [5.41, 5.74) is -10.8. The minimum absolute atomic E-state index is 0.184. The molecule has 12 aromatic carbocycles. The lowest BCUT2D eigenvalue weighted by Gasteiger charge is -2.55. The van der Waals surface area contributed by atoms with Gasteiger partial charge in [-0.05, 0) is 133 Å². The lowest BCUT2D eigenvalue weighted by molar-refractivity contribution is 0.133. The van der Waals surface area contributed by atoms with E-state index in [2.05, 4.69) is 0 Å². The second-order valence-corrected chi connectivity index (χ2v) is 32.0. The van der Waals surface area contributed by atoms with Crippen molar-refractivity contribution in [3.8, 4) is 33.4 Å². The van der Waals surface area contributed by atoms with E-state index < -0.39 is 218 Å². The Balaban J connectivity index is 0.000000148. The summed E-state index contributed by atoms with van der Waals surface area (Å²) < 4.78 is 401. The van der Waals surface area contributed by atoms with Gasteiger partial charge in [-0.2, -0.15) is 0 Å². The number of rotatable bonds is 14. The SMILES string of the molecule is CCCCC1(CCCC)c2ccccc2N(c2c(F)c(F)c(-c3c(F)c(F)c(F)c(F)c3F)c(F)c2F)c2ccccc21.Cc1cccc2c1N(c1c(F)c(F)c(-c3c(F)c(F)c(F)c(F)c3F)c(F)c1F)c1c(C)cccc1C2.Fc1c(F)c(F)c(-c2c(F)c(F)c(N3c4ccccc4C(C4CCCCC4)(C4CCCCC4)c4ccccc43)c(F)c2F)c(F)c1F. The number of hydrogen-bond acceptors (Lipinski definition) is 3. The highest BCUT2D eigenvalue weighted by Gasteiger charge is 2.55. The second-order valence-electron chi connectivity index (χ2n) is 32.0. The fourth-order valence-corrected chi connectivity index (χ4v) is 19.7. The lowest BCUT2D eigenvalue weighted by atomic mass is 9.51. The summed E-state index contributed by atoms with van der Waals surface area (Å²) in [5.74, 6) is -64.6. The topological polar surface area (TPSA) is 9.72 Å². The average molecular weight is 1790 g/mol. The van der Waals surface area contributed by atoms with Gasteiger partial charge in [-0.25, -0.2) is 119 Å². The number of aryl methyl sites for hydroxylation is 2. The summed E-state index contributed by atoms with van der Waals surface area (Å²) in [6.45, 7) is 7.29. The Hall–Kier alpha value is -11.9. The Kier molecular flexibility index (Phi) is 24.8. The van der Waals surface area contributed by atoms with Crippen LogP contribution < -0.4 is 14.7 Å². The molecule has 0 bridgehead atoms. The monoisotopic (exact) mass is 1790 g/mol. The van der Waals surface area contributed by atoms with Gasteiger partial charge in [0.2, 0.25) is 17.5 Å². The van der Waals surface area contributed by atoms with Crippen molar-refractivity contribution in [2.75, 3.05) is 14.7 Å². The number of halogens is 27. The van der Waals surface area contributed by atoms with Crippen LogP contribution in [0.3, 0.4) is 0 Å². The minimum Gasteiger partial charge on any atom is -0.304 e. The highest BCUT2D eigenvalue weighted by Crippen LogP contribution is 2.65. The molecule has 0 unspecified atom stereocenters. The first-order valence-corrected chi connectivity index (χ1v) is 40.7. The van der Waals surface area contributed by atoms with Gasteiger partial charge < -0.3 is 14.7 Å². The van der Waals surface area contributed by atoms with Crippen LogP contribution in [0.1, 0.15) is 161 Å². The zero-order valence-electron chi connectivity index (χ0n) is 67.4. The number of unbranched alkanes of at least 4 members (excludes halogenated alkanes) is 2. The van der Waals surface area contributed by atoms with Crippen LogP contribution in [-0.2, 0) is 17.3 Å². The molecule has 3 heterocycles. The molecule has 3 nitrogen and oxygen atoms in total. The smallest absolute Gasteiger partial charge is 0.200 e. The summed E-state index contributed by atoms with van der Waals surface area (Å²) in [4.78, 5) is 3.05. The molecule has 3 aliphatic heterocycles. The van der Waals surface area contributed by atoms with Gasteiger partial charge in [-0.15, -0.1) is 0 Å². The predicted molar refractivity (Wildman–Crippen MR) is 425 cm³/mol. The van der Waals surface area contributed by atoms with E-state index in [1.54, 1.807) is 123 Å². The molecule has 0 aromatic heterocycles. The molecule has 0 radical (unpaired) electrons. The van der Waals surface area contributed by atoms with E-state index in [0.717, 1.165) is 116 Å². The number of nitrogens with zero attached hydrogens (tertiary/aromatic N) is 3. The minimum atomic E-state index is -2.61. The van der Waals surface area contributed by atoms with E-state index in [9.17, 15) is 65.9 Å². The van der Waals surface area contributed by atoms with Crippen LogP contribution in [0.25, 0.3) is 33.4 Å². The highest BCUT2D eigenvalue weighted by atomic mass is 19.2. The van der Waals surface area contributed by atoms with Crippen molar-refractivity contribution in [3.05, 3.63) is 335 Å². The third-order valence-corrected chi connectivity index (χ3v) is 25.2. The van der Waals surface area contributed by atoms with Crippen LogP contribution in [0.2, 0.25) is 0 Å². The van der Waals surface area contributed by atoms with E-state index in [-0.39, 0.29) is 34.6 Å². The maximum Gasteiger partial charge on any atom is 0.200 e. The zero-order chi connectivity index (χ0) is 91.3. The molecule has 0 atom stereocenters. The standard InChI is InChI=1S/C37H30F9N.C33H26F9N.C27H14F9N/c38-27-25(28(39)32(43)33(44)31(27)42)26-29(40)34(45)36(35(46)30(26)41)47-23-17-9-7-15-21(23)37(19-11-3-1-4-12-19,20-13-5-2-6-14-20)22-16-8-10-18-24(22)47;1-3-5-15-33(16-6-4-2)17-11-7-9-13-19(17)43(20-14-10-8-12-18(20)33)32-30(41)25(36)22(26(37)31(32)42)21-23(34)27(38)29(40)28(39)24(21)35;1-10-5-3-7-12-9-13-8-4-6-11(2)26(13)37(25(10)12)27-23(35)18(30)15(19(31)24(27)36)14-16(28)20(32)22(34)21(33)17(14)29/h7-10,15-20H,1-6,11-14H2;7-14H,3-6,15-16H2,1-2H3;3-8H,9H2,1-2H3. The van der Waals surface area contributed by atoms with Crippen LogP contribution in [0, 0.1) is 183 Å². The maximum atomic E-state index is 16.3. The van der Waals surface area contributed by atoms with Crippen molar-refractivity contribution in [1.29, 1.82) is 0 Å². The highest BCUT2D eigenvalue weighted by molar-refractivity contribution is 5.92. The summed E-state index contributed by atoms with van der Waals surface area (Å²) in [6, 6.07) is 37.3. The number of benzene rings is 12. The molecule has 2 aliphatic carbocycles. The van der Waals surface area contributed by atoms with Crippen LogP contribution in [0.15, 0.2) is 133 Å². The van der Waals surface area contributed by atoms with E-state index in [4.69, 9.17) is 0 Å². The Morgan fingerprint density at radius 1 is 0.244 bits per heavy atom. The van der Waals surface area contributed by atoms with Gasteiger partial charge in [0, 0.05) is 17.3 Å². The Morgan fingerprint density at radius 3 is 0.740 bits per heavy atom. The fourth-order valence-electron chi connectivity index (χ4n) is 19.7. The van der Waals surface area contributed by atoms with Crippen molar-refractivity contribution in [1.82, 2.24) is 0 Å². The van der Waals surface area contributed by atoms with Gasteiger partial charge in [0.1, 0.15) is 17.1 Å². The average Bonchev–Trinajstić information content (AvgIpc) is 0.697. The first-order chi connectivity index (χ1) is 60.6. The summed E-state index contributed by atoms with van der Waals surface area (Å²) in [7, 11) is 0. The van der Waals surface area contributed by atoms with E-state index in [1.807, 2.05) is 38.1 Å². The molecule has 0 N–H and O–H groups in total. The molecule has 12 aromatic rings. The van der Waals surface area contributed by atoms with E-state index >= 15 is 52.7 Å². The predicted octanol–water partition coefficient (Wildman–Crippen LogP) is 31.5. The third-order valence-electron chi connectivity index (χ3n) is 25.2. The Morgan fingerprint density at radius 2 is 0.472 bits per heavy atom. The third kappa shape index (κ3) is 14.2. The molecule has 127 heavy (non-hydrogen) atoms. The van der Waals surface area contributed by atoms with Crippen LogP contribution >= 0.6 is 0 Å². The van der Waals surface area contributed by atoms with Crippen molar-refractivity contribution in [3.63, 3.8) is 0 Å². The molecule has 17 rings (SSSR count). The van der Waals surface area contributed by atoms with Crippen LogP contribution in [0.4, 0.5) is 170 Å². The van der Waals surface area contributed by atoms with Gasteiger partial charge in [-0.3, -0.25) is 0 Å². The zero-order valence-corrected chi connectivity index (χ0v) is 67.4. The van der Waals surface area contributed by atoms with Gasteiger partial charge in [0.05, 0.1) is 67.5 Å². The normalized spacial score (nSPS) is 15.1.